The Labute approximate surface area is 224 Å². The lowest BCUT2D eigenvalue weighted by Crippen LogP contribution is -2.12. The van der Waals surface area contributed by atoms with Gasteiger partial charge in [-0.15, -0.1) is 0 Å². The Morgan fingerprint density at radius 1 is 0.667 bits per heavy atom. The highest BCUT2D eigenvalue weighted by Gasteiger charge is 2.17. The zero-order valence-corrected chi connectivity index (χ0v) is 21.0. The largest absolute Gasteiger partial charge is 0.336 e. The summed E-state index contributed by atoms with van der Waals surface area (Å²) in [5.74, 6) is 0.666. The summed E-state index contributed by atoms with van der Waals surface area (Å²) in [7, 11) is 0. The van der Waals surface area contributed by atoms with Crippen LogP contribution in [0.2, 0.25) is 0 Å². The number of pyridine rings is 3. The molecule has 0 fully saturated rings. The van der Waals surface area contributed by atoms with Crippen molar-refractivity contribution in [3.8, 4) is 33.9 Å². The van der Waals surface area contributed by atoms with Crippen LogP contribution in [0, 0.1) is 0 Å². The van der Waals surface area contributed by atoms with E-state index >= 15 is 0 Å². The maximum Gasteiger partial charge on any atom is 0.161 e. The highest BCUT2D eigenvalue weighted by atomic mass is 15.1. The molecular weight excluding hydrogens is 484 g/mol. The monoisotopic (exact) mass is 508 g/mol. The first-order valence-corrected chi connectivity index (χ1v) is 12.8. The molecule has 0 aliphatic carbocycles. The Kier molecular flexibility index (Phi) is 5.84. The molecule has 0 atom stereocenters. The summed E-state index contributed by atoms with van der Waals surface area (Å²) in [4.78, 5) is 22.0. The van der Waals surface area contributed by atoms with Gasteiger partial charge in [0.05, 0.1) is 22.2 Å². The molecule has 0 aliphatic heterocycles. The lowest BCUT2D eigenvalue weighted by atomic mass is 10.1. The molecule has 8 heteroatoms. The minimum Gasteiger partial charge on any atom is -0.336 e. The van der Waals surface area contributed by atoms with Gasteiger partial charge in [-0.3, -0.25) is 15.1 Å². The third-order valence-corrected chi connectivity index (χ3v) is 6.73. The summed E-state index contributed by atoms with van der Waals surface area (Å²) < 4.78 is 0. The van der Waals surface area contributed by atoms with Crippen molar-refractivity contribution in [2.75, 3.05) is 0 Å². The second-order valence-corrected chi connectivity index (χ2v) is 9.36. The number of benzene rings is 2. The van der Waals surface area contributed by atoms with Gasteiger partial charge in [-0.05, 0) is 53.1 Å². The number of para-hydroxylation sites is 1. The molecule has 0 aliphatic rings. The van der Waals surface area contributed by atoms with Crippen LogP contribution in [0.4, 0.5) is 0 Å². The Bertz CT molecular complexity index is 1890. The Balaban J connectivity index is 1.20. The number of nitrogens with zero attached hydrogens (tertiary/aromatic N) is 5. The molecule has 5 heterocycles. The van der Waals surface area contributed by atoms with E-state index in [0.717, 1.165) is 56.6 Å². The molecule has 0 radical (unpaired) electrons. The normalized spacial score (nSPS) is 11.4. The van der Waals surface area contributed by atoms with Crippen molar-refractivity contribution in [3.63, 3.8) is 0 Å². The third kappa shape index (κ3) is 4.54. The predicted molar refractivity (Wildman–Crippen MR) is 152 cm³/mol. The van der Waals surface area contributed by atoms with Crippen LogP contribution in [-0.4, -0.2) is 35.1 Å². The number of hydrogen-bond donors (Lipinski definition) is 3. The van der Waals surface area contributed by atoms with Crippen LogP contribution in [0.3, 0.4) is 0 Å². The van der Waals surface area contributed by atoms with Gasteiger partial charge in [0.2, 0.25) is 0 Å². The van der Waals surface area contributed by atoms with Crippen LogP contribution in [0.1, 0.15) is 11.1 Å². The predicted octanol–water partition coefficient (Wildman–Crippen LogP) is 5.92. The second kappa shape index (κ2) is 9.92. The van der Waals surface area contributed by atoms with Gasteiger partial charge < -0.3 is 10.3 Å². The molecule has 0 amide bonds. The molecule has 0 bridgehead atoms. The first-order chi connectivity index (χ1) is 19.3. The lowest BCUT2D eigenvalue weighted by Gasteiger charge is -2.07. The van der Waals surface area contributed by atoms with Gasteiger partial charge in [0.1, 0.15) is 5.52 Å². The van der Waals surface area contributed by atoms with Gasteiger partial charge in [0, 0.05) is 49.0 Å². The van der Waals surface area contributed by atoms with E-state index in [0.29, 0.717) is 18.1 Å². The first kappa shape index (κ1) is 22.9. The fraction of sp³-hybridized carbons (Fsp3) is 0.0645. The molecular formula is C31H24N8. The van der Waals surface area contributed by atoms with Crippen LogP contribution in [0.15, 0.2) is 104 Å². The minimum atomic E-state index is 0.666. The summed E-state index contributed by atoms with van der Waals surface area (Å²) >= 11 is 0. The van der Waals surface area contributed by atoms with Crippen molar-refractivity contribution < 1.29 is 0 Å². The molecule has 7 rings (SSSR count). The molecule has 188 valence electrons. The number of aromatic amines is 2. The van der Waals surface area contributed by atoms with E-state index in [1.165, 1.54) is 5.56 Å². The van der Waals surface area contributed by atoms with Crippen molar-refractivity contribution in [2.24, 2.45) is 0 Å². The molecule has 0 unspecified atom stereocenters. The van der Waals surface area contributed by atoms with Gasteiger partial charge in [-0.2, -0.15) is 5.10 Å². The summed E-state index contributed by atoms with van der Waals surface area (Å²) in [6, 6.07) is 26.6. The molecule has 3 N–H and O–H groups in total. The molecule has 8 nitrogen and oxygen atoms in total. The number of aromatic nitrogens is 7. The Morgan fingerprint density at radius 2 is 1.54 bits per heavy atom. The fourth-order valence-corrected chi connectivity index (χ4v) is 4.80. The number of rotatable bonds is 7. The third-order valence-electron chi connectivity index (χ3n) is 6.73. The number of imidazole rings is 1. The van der Waals surface area contributed by atoms with Crippen LogP contribution >= 0.6 is 0 Å². The number of fused-ring (bicyclic) bond motifs is 2. The summed E-state index contributed by atoms with van der Waals surface area (Å²) in [5, 5.41) is 11.2. The van der Waals surface area contributed by atoms with Gasteiger partial charge in [-0.1, -0.05) is 42.5 Å². The summed E-state index contributed by atoms with van der Waals surface area (Å²) in [5.41, 5.74) is 10.3. The standard InChI is InChI=1S/C31H24N8/c1-2-5-20(6-3-1)16-33-17-21-15-23(19-34-18-21)25-9-10-27-29(35-25)30(39-38-27)31-36-26-8-4-7-24(28(26)37-31)22-11-13-32-14-12-22/h1-15,18-19,33H,16-17H2,(H,36,37)(H,38,39). The van der Waals surface area contributed by atoms with E-state index in [9.17, 15) is 0 Å². The number of hydrogen-bond acceptors (Lipinski definition) is 6. The molecule has 0 spiro atoms. The van der Waals surface area contributed by atoms with Crippen LogP contribution in [-0.2, 0) is 13.1 Å². The molecule has 2 aromatic carbocycles. The highest BCUT2D eigenvalue weighted by molar-refractivity contribution is 5.96. The average Bonchev–Trinajstić information content (AvgIpc) is 3.62. The Morgan fingerprint density at radius 3 is 2.44 bits per heavy atom. The van der Waals surface area contributed by atoms with Crippen molar-refractivity contribution in [3.05, 3.63) is 115 Å². The second-order valence-electron chi connectivity index (χ2n) is 9.36. The zero-order valence-electron chi connectivity index (χ0n) is 21.0. The maximum atomic E-state index is 4.98. The smallest absolute Gasteiger partial charge is 0.161 e. The van der Waals surface area contributed by atoms with Gasteiger partial charge in [0.15, 0.2) is 11.5 Å². The van der Waals surface area contributed by atoms with E-state index in [1.807, 2.05) is 54.9 Å². The zero-order chi connectivity index (χ0) is 26.0. The quantitative estimate of drug-likeness (QED) is 0.247. The van der Waals surface area contributed by atoms with Crippen LogP contribution < -0.4 is 5.32 Å². The van der Waals surface area contributed by atoms with Gasteiger partial charge >= 0.3 is 0 Å². The fourth-order valence-electron chi connectivity index (χ4n) is 4.80. The average molecular weight is 509 g/mol. The summed E-state index contributed by atoms with van der Waals surface area (Å²) in [6.07, 6.45) is 7.31. The minimum absolute atomic E-state index is 0.666. The van der Waals surface area contributed by atoms with Gasteiger partial charge in [-0.25, -0.2) is 9.97 Å². The molecule has 0 saturated heterocycles. The van der Waals surface area contributed by atoms with Crippen LogP contribution in [0.5, 0.6) is 0 Å². The van der Waals surface area contributed by atoms with E-state index in [2.05, 4.69) is 66.9 Å². The SMILES string of the molecule is c1ccc(CNCc2cncc(-c3ccc4[nH]nc(-c5nc6c(-c7ccncc7)cccc6[nH]5)c4n3)c2)cc1. The number of nitrogens with one attached hydrogen (secondary N) is 3. The molecule has 7 aromatic rings. The highest BCUT2D eigenvalue weighted by Crippen LogP contribution is 2.31. The topological polar surface area (TPSA) is 108 Å². The van der Waals surface area contributed by atoms with E-state index in [-0.39, 0.29) is 0 Å². The van der Waals surface area contributed by atoms with Crippen LogP contribution in [0.25, 0.3) is 56.0 Å². The van der Waals surface area contributed by atoms with Crippen molar-refractivity contribution in [1.82, 2.24) is 40.4 Å². The van der Waals surface area contributed by atoms with Gasteiger partial charge in [0.25, 0.3) is 0 Å². The van der Waals surface area contributed by atoms with E-state index < -0.39 is 0 Å². The van der Waals surface area contributed by atoms with Crippen molar-refractivity contribution >= 4 is 22.1 Å². The number of H-pyrrole nitrogens is 2. The summed E-state index contributed by atoms with van der Waals surface area (Å²) in [6.45, 7) is 1.52. The lowest BCUT2D eigenvalue weighted by molar-refractivity contribution is 0.691. The van der Waals surface area contributed by atoms with E-state index in [1.54, 1.807) is 12.4 Å². The first-order valence-electron chi connectivity index (χ1n) is 12.8. The van der Waals surface area contributed by atoms with Crippen molar-refractivity contribution in [1.29, 1.82) is 0 Å². The molecule has 5 aromatic heterocycles. The van der Waals surface area contributed by atoms with E-state index in [4.69, 9.17) is 9.97 Å². The Hall–Kier alpha value is -5.21. The maximum absolute atomic E-state index is 4.98. The molecule has 0 saturated carbocycles. The molecule has 39 heavy (non-hydrogen) atoms. The van der Waals surface area contributed by atoms with Crippen molar-refractivity contribution in [2.45, 2.75) is 13.1 Å².